The van der Waals surface area contributed by atoms with Crippen LogP contribution in [0.15, 0.2) is 35.9 Å². The molecule has 1 aromatic carbocycles. The molecule has 20 heavy (non-hydrogen) atoms. The first-order valence-electron chi connectivity index (χ1n) is 7.49. The summed E-state index contributed by atoms with van der Waals surface area (Å²) in [5.41, 5.74) is 3.69. The Morgan fingerprint density at radius 2 is 2.20 bits per heavy atom. The van der Waals surface area contributed by atoms with Crippen LogP contribution in [0.1, 0.15) is 37.7 Å². The van der Waals surface area contributed by atoms with Crippen molar-refractivity contribution in [1.82, 2.24) is 5.32 Å². The van der Waals surface area contributed by atoms with Crippen molar-refractivity contribution in [2.24, 2.45) is 0 Å². The molecule has 0 aromatic heterocycles. The van der Waals surface area contributed by atoms with Gasteiger partial charge in [-0.15, -0.1) is 0 Å². The van der Waals surface area contributed by atoms with Crippen LogP contribution < -0.4 is 10.6 Å². The number of anilines is 1. The van der Waals surface area contributed by atoms with Crippen LogP contribution in [0.4, 0.5) is 5.69 Å². The predicted molar refractivity (Wildman–Crippen MR) is 83.8 cm³/mol. The molecule has 0 atom stereocenters. The Balaban J connectivity index is 1.64. The molecular weight excluding hydrogens is 248 g/mol. The van der Waals surface area contributed by atoms with E-state index >= 15 is 0 Å². The molecule has 3 nitrogen and oxygen atoms in total. The van der Waals surface area contributed by atoms with Crippen molar-refractivity contribution < 1.29 is 4.79 Å². The zero-order valence-corrected chi connectivity index (χ0v) is 12.2. The van der Waals surface area contributed by atoms with Crippen LogP contribution >= 0.6 is 0 Å². The first-order chi connectivity index (χ1) is 9.74. The van der Waals surface area contributed by atoms with Crippen LogP contribution in [0.2, 0.25) is 0 Å². The fraction of sp³-hybridized carbons (Fsp3) is 0.471. The molecule has 0 saturated heterocycles. The van der Waals surface area contributed by atoms with Crippen molar-refractivity contribution >= 4 is 11.6 Å². The minimum Gasteiger partial charge on any atom is -0.376 e. The highest BCUT2D eigenvalue weighted by atomic mass is 16.1. The summed E-state index contributed by atoms with van der Waals surface area (Å²) >= 11 is 0. The second-order valence-electron chi connectivity index (χ2n) is 5.43. The zero-order chi connectivity index (χ0) is 14.2. The summed E-state index contributed by atoms with van der Waals surface area (Å²) in [6.07, 6.45) is 8.36. The molecule has 0 heterocycles. The number of amides is 1. The Hall–Kier alpha value is -1.77. The highest BCUT2D eigenvalue weighted by molar-refractivity contribution is 5.80. The van der Waals surface area contributed by atoms with Gasteiger partial charge in [-0.1, -0.05) is 23.8 Å². The van der Waals surface area contributed by atoms with Gasteiger partial charge in [-0.25, -0.2) is 0 Å². The Morgan fingerprint density at radius 3 is 2.95 bits per heavy atom. The maximum absolute atomic E-state index is 11.7. The van der Waals surface area contributed by atoms with Gasteiger partial charge in [0, 0.05) is 12.2 Å². The molecule has 0 radical (unpaired) electrons. The Labute approximate surface area is 121 Å². The second-order valence-corrected chi connectivity index (χ2v) is 5.43. The molecule has 1 aromatic rings. The summed E-state index contributed by atoms with van der Waals surface area (Å²) in [7, 11) is 0. The smallest absolute Gasteiger partial charge is 0.239 e. The van der Waals surface area contributed by atoms with Gasteiger partial charge in [0.05, 0.1) is 6.54 Å². The van der Waals surface area contributed by atoms with Gasteiger partial charge in [0.25, 0.3) is 0 Å². The quantitative estimate of drug-likeness (QED) is 0.779. The lowest BCUT2D eigenvalue weighted by Gasteiger charge is -2.13. The van der Waals surface area contributed by atoms with Crippen molar-refractivity contribution in [1.29, 1.82) is 0 Å². The van der Waals surface area contributed by atoms with Crippen LogP contribution in [0.5, 0.6) is 0 Å². The molecule has 0 bridgehead atoms. The normalized spacial score (nSPS) is 14.6. The van der Waals surface area contributed by atoms with Gasteiger partial charge in [0.15, 0.2) is 0 Å². The molecule has 0 saturated carbocycles. The van der Waals surface area contributed by atoms with E-state index in [2.05, 4.69) is 16.7 Å². The van der Waals surface area contributed by atoms with Crippen molar-refractivity contribution in [3.8, 4) is 0 Å². The number of rotatable bonds is 6. The van der Waals surface area contributed by atoms with Crippen molar-refractivity contribution in [2.75, 3.05) is 18.4 Å². The third kappa shape index (κ3) is 5.08. The van der Waals surface area contributed by atoms with Gasteiger partial charge < -0.3 is 10.6 Å². The molecule has 2 rings (SSSR count). The minimum absolute atomic E-state index is 0.0583. The molecule has 1 aliphatic carbocycles. The summed E-state index contributed by atoms with van der Waals surface area (Å²) in [5, 5.41) is 6.12. The molecule has 1 amide bonds. The number of allylic oxidation sites excluding steroid dienone is 1. The zero-order valence-electron chi connectivity index (χ0n) is 12.2. The van der Waals surface area contributed by atoms with Gasteiger partial charge in [0.1, 0.15) is 0 Å². The topological polar surface area (TPSA) is 41.1 Å². The largest absolute Gasteiger partial charge is 0.376 e. The van der Waals surface area contributed by atoms with E-state index in [1.807, 2.05) is 31.2 Å². The van der Waals surface area contributed by atoms with Crippen molar-refractivity contribution in [2.45, 2.75) is 39.0 Å². The van der Waals surface area contributed by atoms with Gasteiger partial charge in [0.2, 0.25) is 5.91 Å². The SMILES string of the molecule is Cc1cccc(NCC(=O)NCCC2=CCCCC2)c1. The lowest BCUT2D eigenvalue weighted by Crippen LogP contribution is -2.30. The molecule has 1 aliphatic rings. The summed E-state index contributed by atoms with van der Waals surface area (Å²) in [6, 6.07) is 8.06. The summed E-state index contributed by atoms with van der Waals surface area (Å²) in [5.74, 6) is 0.0583. The third-order valence-electron chi connectivity index (χ3n) is 3.62. The summed E-state index contributed by atoms with van der Waals surface area (Å²) < 4.78 is 0. The highest BCUT2D eigenvalue weighted by Gasteiger charge is 2.05. The Morgan fingerprint density at radius 1 is 1.30 bits per heavy atom. The molecule has 0 aliphatic heterocycles. The number of carbonyl (C=O) groups excluding carboxylic acids is 1. The lowest BCUT2D eigenvalue weighted by molar-refractivity contribution is -0.119. The van der Waals surface area contributed by atoms with Gasteiger partial charge in [-0.05, 0) is 56.7 Å². The summed E-state index contributed by atoms with van der Waals surface area (Å²) in [4.78, 5) is 11.7. The van der Waals surface area contributed by atoms with E-state index in [1.165, 1.54) is 36.8 Å². The van der Waals surface area contributed by atoms with E-state index in [9.17, 15) is 4.79 Å². The Bertz CT molecular complexity index is 480. The van der Waals surface area contributed by atoms with Crippen LogP contribution in [0, 0.1) is 6.92 Å². The number of aryl methyl sites for hydroxylation is 1. The monoisotopic (exact) mass is 272 g/mol. The fourth-order valence-electron chi connectivity index (χ4n) is 2.49. The van der Waals surface area contributed by atoms with Crippen LogP contribution in [0.3, 0.4) is 0 Å². The van der Waals surface area contributed by atoms with E-state index in [-0.39, 0.29) is 5.91 Å². The number of carbonyl (C=O) groups is 1. The van der Waals surface area contributed by atoms with Gasteiger partial charge in [-0.3, -0.25) is 4.79 Å². The van der Waals surface area contributed by atoms with Crippen molar-refractivity contribution in [3.05, 3.63) is 41.5 Å². The molecule has 0 fully saturated rings. The second kappa shape index (κ2) is 7.73. The van der Waals surface area contributed by atoms with E-state index in [0.717, 1.165) is 18.7 Å². The molecule has 0 spiro atoms. The van der Waals surface area contributed by atoms with E-state index in [0.29, 0.717) is 6.54 Å². The Kier molecular flexibility index (Phi) is 5.66. The molecule has 0 unspecified atom stereocenters. The molecule has 2 N–H and O–H groups in total. The lowest BCUT2D eigenvalue weighted by atomic mass is 9.97. The van der Waals surface area contributed by atoms with E-state index < -0.39 is 0 Å². The number of hydrogen-bond donors (Lipinski definition) is 2. The van der Waals surface area contributed by atoms with Crippen LogP contribution in [-0.4, -0.2) is 19.0 Å². The summed E-state index contributed by atoms with van der Waals surface area (Å²) in [6.45, 7) is 3.13. The predicted octanol–water partition coefficient (Wildman–Crippen LogP) is 3.41. The van der Waals surface area contributed by atoms with E-state index in [4.69, 9.17) is 0 Å². The first-order valence-corrected chi connectivity index (χ1v) is 7.49. The van der Waals surface area contributed by atoms with Crippen LogP contribution in [-0.2, 0) is 4.79 Å². The first kappa shape index (κ1) is 14.6. The number of hydrogen-bond acceptors (Lipinski definition) is 2. The van der Waals surface area contributed by atoms with Gasteiger partial charge in [-0.2, -0.15) is 0 Å². The number of nitrogens with one attached hydrogen (secondary N) is 2. The average molecular weight is 272 g/mol. The van der Waals surface area contributed by atoms with E-state index in [1.54, 1.807) is 0 Å². The van der Waals surface area contributed by atoms with Crippen LogP contribution in [0.25, 0.3) is 0 Å². The number of benzene rings is 1. The maximum atomic E-state index is 11.7. The maximum Gasteiger partial charge on any atom is 0.239 e. The third-order valence-corrected chi connectivity index (χ3v) is 3.62. The standard InChI is InChI=1S/C17H24N2O/c1-14-6-5-9-16(12-14)19-13-17(20)18-11-10-15-7-3-2-4-8-15/h5-7,9,12,19H,2-4,8,10-11,13H2,1H3,(H,18,20). The molecular formula is C17H24N2O. The molecule has 3 heteroatoms. The molecule has 108 valence electrons. The fourth-order valence-corrected chi connectivity index (χ4v) is 2.49. The highest BCUT2D eigenvalue weighted by Crippen LogP contribution is 2.19. The average Bonchev–Trinajstić information content (AvgIpc) is 2.46. The van der Waals surface area contributed by atoms with Crippen molar-refractivity contribution in [3.63, 3.8) is 0 Å². The van der Waals surface area contributed by atoms with Gasteiger partial charge >= 0.3 is 0 Å². The minimum atomic E-state index is 0.0583.